The molecule has 1 heterocycles. The van der Waals surface area contributed by atoms with Gasteiger partial charge >= 0.3 is 17.9 Å². The largest absolute Gasteiger partial charge is 0.461 e. The van der Waals surface area contributed by atoms with Crippen LogP contribution in [0.15, 0.2) is 73.3 Å². The maximum Gasteiger partial charge on any atom is 0.338 e. The van der Waals surface area contributed by atoms with Crippen LogP contribution >= 0.6 is 11.8 Å². The Morgan fingerprint density at radius 2 is 1.50 bits per heavy atom. The van der Waals surface area contributed by atoms with Gasteiger partial charge in [-0.1, -0.05) is 42.5 Å². The molecule has 0 radical (unpaired) electrons. The van der Waals surface area contributed by atoms with Gasteiger partial charge in [0, 0.05) is 6.92 Å². The van der Waals surface area contributed by atoms with Crippen LogP contribution in [0.1, 0.15) is 27.6 Å². The molecule has 1 aliphatic rings. The van der Waals surface area contributed by atoms with Gasteiger partial charge in [0.25, 0.3) is 0 Å². The summed E-state index contributed by atoms with van der Waals surface area (Å²) in [6.07, 6.45) is -0.0236. The zero-order chi connectivity index (χ0) is 22.9. The van der Waals surface area contributed by atoms with Gasteiger partial charge in [0.2, 0.25) is 0 Å². The average Bonchev–Trinajstić information content (AvgIpc) is 3.12. The zero-order valence-corrected chi connectivity index (χ0v) is 18.4. The molecule has 168 valence electrons. The minimum atomic E-state index is -0.819. The highest BCUT2D eigenvalue weighted by Crippen LogP contribution is 2.39. The monoisotopic (exact) mass is 456 g/mol. The second kappa shape index (κ2) is 11.5. The molecule has 1 aliphatic heterocycles. The van der Waals surface area contributed by atoms with Crippen LogP contribution in [-0.4, -0.2) is 54.0 Å². The number of benzene rings is 2. The van der Waals surface area contributed by atoms with E-state index in [0.29, 0.717) is 11.1 Å². The second-order valence-corrected chi connectivity index (χ2v) is 8.28. The number of carbonyl (C=O) groups is 3. The lowest BCUT2D eigenvalue weighted by Crippen LogP contribution is -2.41. The fourth-order valence-electron chi connectivity index (χ4n) is 3.16. The molecule has 0 amide bonds. The highest BCUT2D eigenvalue weighted by Gasteiger charge is 2.50. The Hall–Kier alpha value is -3.10. The molecule has 2 aromatic carbocycles. The predicted octanol–water partition coefficient (Wildman–Crippen LogP) is 3.64. The van der Waals surface area contributed by atoms with Crippen LogP contribution in [0.4, 0.5) is 0 Å². The number of carbonyl (C=O) groups excluding carboxylic acids is 3. The van der Waals surface area contributed by atoms with Crippen molar-refractivity contribution >= 4 is 29.7 Å². The number of hydrogen-bond donors (Lipinski definition) is 0. The van der Waals surface area contributed by atoms with Crippen molar-refractivity contribution in [3.05, 3.63) is 84.4 Å². The first-order chi connectivity index (χ1) is 15.5. The highest BCUT2D eigenvalue weighted by molar-refractivity contribution is 8.00. The molecule has 3 rings (SSSR count). The van der Waals surface area contributed by atoms with Crippen molar-refractivity contribution < 1.29 is 33.3 Å². The Balaban J connectivity index is 1.78. The third-order valence-electron chi connectivity index (χ3n) is 4.60. The van der Waals surface area contributed by atoms with Crippen molar-refractivity contribution in [1.29, 1.82) is 0 Å². The summed E-state index contributed by atoms with van der Waals surface area (Å²) in [5.41, 5.74) is 0.0432. The molecule has 8 heteroatoms. The summed E-state index contributed by atoms with van der Waals surface area (Å²) in [5.74, 6) is -1.55. The lowest BCUT2D eigenvalue weighted by atomic mass is 10.1. The van der Waals surface area contributed by atoms with E-state index >= 15 is 0 Å². The van der Waals surface area contributed by atoms with E-state index in [1.807, 2.05) is 0 Å². The lowest BCUT2D eigenvalue weighted by molar-refractivity contribution is -0.150. The molecular weight excluding hydrogens is 432 g/mol. The topological polar surface area (TPSA) is 88.1 Å². The van der Waals surface area contributed by atoms with Crippen molar-refractivity contribution in [2.75, 3.05) is 13.2 Å². The van der Waals surface area contributed by atoms with E-state index in [1.165, 1.54) is 18.7 Å². The summed E-state index contributed by atoms with van der Waals surface area (Å²) in [6.45, 7) is 5.03. The van der Waals surface area contributed by atoms with Gasteiger partial charge in [0.05, 0.1) is 23.0 Å². The minimum absolute atomic E-state index is 0.0587. The first-order valence-electron chi connectivity index (χ1n) is 10.0. The summed E-state index contributed by atoms with van der Waals surface area (Å²) in [5, 5.41) is -0.505. The molecule has 32 heavy (non-hydrogen) atoms. The molecule has 0 aliphatic carbocycles. The van der Waals surface area contributed by atoms with E-state index in [0.717, 1.165) is 0 Å². The van der Waals surface area contributed by atoms with E-state index in [-0.39, 0.29) is 13.2 Å². The van der Waals surface area contributed by atoms with E-state index in [1.54, 1.807) is 66.7 Å². The maximum atomic E-state index is 12.7. The van der Waals surface area contributed by atoms with Gasteiger partial charge < -0.3 is 18.9 Å². The molecule has 0 bridgehead atoms. The normalized spacial score (nSPS) is 22.0. The van der Waals surface area contributed by atoms with Crippen molar-refractivity contribution in [1.82, 2.24) is 0 Å². The summed E-state index contributed by atoms with van der Waals surface area (Å²) < 4.78 is 22.4. The van der Waals surface area contributed by atoms with Gasteiger partial charge in [-0.15, -0.1) is 18.3 Å². The molecule has 1 saturated heterocycles. The van der Waals surface area contributed by atoms with Crippen LogP contribution in [0.3, 0.4) is 0 Å². The smallest absolute Gasteiger partial charge is 0.338 e. The van der Waals surface area contributed by atoms with Gasteiger partial charge in [0.1, 0.15) is 18.8 Å². The highest BCUT2D eigenvalue weighted by atomic mass is 32.2. The first-order valence-corrected chi connectivity index (χ1v) is 11.0. The number of esters is 3. The number of ether oxygens (including phenoxy) is 4. The van der Waals surface area contributed by atoms with Crippen LogP contribution in [0.2, 0.25) is 0 Å². The van der Waals surface area contributed by atoms with Gasteiger partial charge in [0.15, 0.2) is 5.44 Å². The Bertz CT molecular complexity index is 932. The molecule has 4 atom stereocenters. The standard InChI is InChI=1S/C24H24O7S/c1-3-14-28-21-20(31-23(27)18-12-8-5-9-13-18)19(32-24(21)30-16(2)25)15-29-22(26)17-10-6-4-7-11-17/h3-13,19-21,24H,1,14-15H2,2H3/t19-,20+,21+,24?/m1/s1. The summed E-state index contributed by atoms with van der Waals surface area (Å²) in [6, 6.07) is 17.1. The fourth-order valence-corrected chi connectivity index (χ4v) is 4.60. The number of rotatable bonds is 9. The Morgan fingerprint density at radius 3 is 2.06 bits per heavy atom. The van der Waals surface area contributed by atoms with Gasteiger partial charge in [-0.25, -0.2) is 9.59 Å². The van der Waals surface area contributed by atoms with Crippen molar-refractivity contribution in [2.24, 2.45) is 0 Å². The summed E-state index contributed by atoms with van der Waals surface area (Å²) >= 11 is 1.22. The maximum absolute atomic E-state index is 12.7. The van der Waals surface area contributed by atoms with Crippen LogP contribution in [0.5, 0.6) is 0 Å². The fraction of sp³-hybridized carbons (Fsp3) is 0.292. The minimum Gasteiger partial charge on any atom is -0.461 e. The van der Waals surface area contributed by atoms with E-state index in [4.69, 9.17) is 18.9 Å². The third-order valence-corrected chi connectivity index (χ3v) is 5.98. The van der Waals surface area contributed by atoms with Crippen LogP contribution < -0.4 is 0 Å². The van der Waals surface area contributed by atoms with Crippen molar-refractivity contribution in [2.45, 2.75) is 29.8 Å². The number of thioether (sulfide) groups is 1. The van der Waals surface area contributed by atoms with Gasteiger partial charge in [-0.05, 0) is 24.3 Å². The summed E-state index contributed by atoms with van der Waals surface area (Å²) in [7, 11) is 0. The Morgan fingerprint density at radius 1 is 0.906 bits per heavy atom. The molecule has 0 saturated carbocycles. The molecule has 0 N–H and O–H groups in total. The van der Waals surface area contributed by atoms with Crippen LogP contribution in [0, 0.1) is 0 Å². The second-order valence-electron chi connectivity index (χ2n) is 6.94. The van der Waals surface area contributed by atoms with Gasteiger partial charge in [-0.3, -0.25) is 4.79 Å². The summed E-state index contributed by atoms with van der Waals surface area (Å²) in [4.78, 5) is 36.7. The molecule has 2 aromatic rings. The quantitative estimate of drug-likeness (QED) is 0.321. The SMILES string of the molecule is C=CCO[C@@H]1C(OC(C)=O)S[C@H](COC(=O)c2ccccc2)[C@@H]1OC(=O)c1ccccc1. The van der Waals surface area contributed by atoms with E-state index < -0.39 is 40.8 Å². The van der Waals surface area contributed by atoms with Gasteiger partial charge in [-0.2, -0.15) is 0 Å². The van der Waals surface area contributed by atoms with Crippen LogP contribution in [0.25, 0.3) is 0 Å². The Labute approximate surface area is 190 Å². The van der Waals surface area contributed by atoms with Crippen molar-refractivity contribution in [3.63, 3.8) is 0 Å². The van der Waals surface area contributed by atoms with Crippen molar-refractivity contribution in [3.8, 4) is 0 Å². The predicted molar refractivity (Wildman–Crippen MR) is 119 cm³/mol. The van der Waals surface area contributed by atoms with Crippen LogP contribution in [-0.2, 0) is 23.7 Å². The Kier molecular flexibility index (Phi) is 8.47. The molecule has 0 spiro atoms. The zero-order valence-electron chi connectivity index (χ0n) is 17.5. The van der Waals surface area contributed by atoms with E-state index in [2.05, 4.69) is 6.58 Å². The molecule has 7 nitrogen and oxygen atoms in total. The first kappa shape index (κ1) is 23.6. The van der Waals surface area contributed by atoms with E-state index in [9.17, 15) is 14.4 Å². The number of hydrogen-bond acceptors (Lipinski definition) is 8. The average molecular weight is 457 g/mol. The molecule has 1 unspecified atom stereocenters. The lowest BCUT2D eigenvalue weighted by Gasteiger charge is -2.25. The third kappa shape index (κ3) is 6.21. The molecule has 1 fully saturated rings. The molecule has 0 aromatic heterocycles. The molecular formula is C24H24O7S.